The Hall–Kier alpha value is -7.80. The second kappa shape index (κ2) is 30.3. The summed E-state index contributed by atoms with van der Waals surface area (Å²) in [6.45, 7) is 25.4. The van der Waals surface area contributed by atoms with Gasteiger partial charge in [0.25, 0.3) is 0 Å². The monoisotopic (exact) mass is 969 g/mol. The fourth-order valence-electron chi connectivity index (χ4n) is 8.11. The number of aryl methyl sites for hydroxylation is 12. The molecule has 0 aliphatic rings. The van der Waals surface area contributed by atoms with Crippen molar-refractivity contribution in [2.24, 2.45) is 0 Å². The summed E-state index contributed by atoms with van der Waals surface area (Å²) in [5.74, 6) is 0. The summed E-state index contributed by atoms with van der Waals surface area (Å²) in [5, 5.41) is 0. The molecule has 0 aromatic heterocycles. The highest BCUT2D eigenvalue weighted by Gasteiger charge is 2.00. The minimum absolute atomic E-state index is 1.03. The van der Waals surface area contributed by atoms with Crippen molar-refractivity contribution < 1.29 is 0 Å². The number of hydrogen-bond acceptors (Lipinski definition) is 0. The first-order valence-corrected chi connectivity index (χ1v) is 26.1. The van der Waals surface area contributed by atoms with E-state index in [0.29, 0.717) is 0 Å². The summed E-state index contributed by atoms with van der Waals surface area (Å²) >= 11 is 0. The predicted molar refractivity (Wildman–Crippen MR) is 325 cm³/mol. The van der Waals surface area contributed by atoms with Crippen LogP contribution < -0.4 is 0 Å². The van der Waals surface area contributed by atoms with Gasteiger partial charge in [0.05, 0.1) is 0 Å². The molecule has 0 N–H and O–H groups in total. The summed E-state index contributed by atoms with van der Waals surface area (Å²) in [5.41, 5.74) is 26.6. The molecule has 0 amide bonds. The summed E-state index contributed by atoms with van der Waals surface area (Å²) in [6.07, 6.45) is 2.06. The minimum Gasteiger partial charge on any atom is -0.0617 e. The van der Waals surface area contributed by atoms with E-state index < -0.39 is 0 Å². The molecule has 0 aliphatic carbocycles. The molecule has 10 rings (SSSR count). The van der Waals surface area contributed by atoms with Crippen LogP contribution >= 0.6 is 0 Å². The first-order valence-electron chi connectivity index (χ1n) is 26.1. The average Bonchev–Trinajstić information content (AvgIpc) is 3.38. The molecule has 0 spiro atoms. The molecule has 0 aliphatic heterocycles. The van der Waals surface area contributed by atoms with Crippen molar-refractivity contribution in [2.45, 2.75) is 95.9 Å². The van der Waals surface area contributed by atoms with E-state index in [1.807, 2.05) is 0 Å². The zero-order valence-electron chi connectivity index (χ0n) is 46.5. The van der Waals surface area contributed by atoms with Gasteiger partial charge in [-0.25, -0.2) is 0 Å². The first-order chi connectivity index (χ1) is 35.6. The molecule has 10 aromatic rings. The van der Waals surface area contributed by atoms with Gasteiger partial charge in [0.2, 0.25) is 0 Å². The Bertz CT molecular complexity index is 2950. The molecular weight excluding hydrogens is 889 g/mol. The lowest BCUT2D eigenvalue weighted by molar-refractivity contribution is 1.17. The second-order valence-corrected chi connectivity index (χ2v) is 20.1. The Balaban J connectivity index is 0.000000167. The lowest BCUT2D eigenvalue weighted by atomic mass is 10.0. The molecule has 0 heterocycles. The molecule has 74 heavy (non-hydrogen) atoms. The first kappa shape index (κ1) is 57.1. The van der Waals surface area contributed by atoms with E-state index >= 15 is 0 Å². The maximum Gasteiger partial charge on any atom is -0.00256 e. The molecule has 0 nitrogen and oxygen atoms in total. The Kier molecular flexibility index (Phi) is 23.4. The fraction of sp³-hybridized carbons (Fsp3) is 0.189. The molecule has 376 valence electrons. The van der Waals surface area contributed by atoms with Crippen LogP contribution in [0.4, 0.5) is 0 Å². The normalized spacial score (nSPS) is 10.0. The molecule has 0 saturated heterocycles. The highest BCUT2D eigenvalue weighted by Crippen LogP contribution is 2.22. The summed E-state index contributed by atoms with van der Waals surface area (Å²) < 4.78 is 0. The van der Waals surface area contributed by atoms with Crippen LogP contribution in [0.25, 0.3) is 22.3 Å². The molecule has 0 atom stereocenters. The van der Waals surface area contributed by atoms with E-state index in [9.17, 15) is 0 Å². The third-order valence-electron chi connectivity index (χ3n) is 12.4. The van der Waals surface area contributed by atoms with Crippen molar-refractivity contribution in [3.8, 4) is 22.3 Å². The maximum atomic E-state index is 2.25. The van der Waals surface area contributed by atoms with Gasteiger partial charge in [-0.1, -0.05) is 309 Å². The van der Waals surface area contributed by atoms with Gasteiger partial charge in [0, 0.05) is 0 Å². The standard InChI is InChI=1S/2C15H16.2C14H14.2C8H10/c1-12-3-7-14(8-4-12)11-15-9-5-13(2)6-10-15;1-12-5-3-7-14(9-12)11-15-8-4-6-13(2)10-15;1-11-3-7-13(8-4-11)14-9-5-12(2)6-10-14;1-11-5-3-7-13(9-11)14-8-4-6-12(2)10-14;1-7-3-5-8(2)6-4-7;1-7-4-3-5-8(2)6-7/h2*3-10H,11H2,1-2H3;2*3-10H,1-2H3;2*3-6H,1-2H3. The zero-order valence-corrected chi connectivity index (χ0v) is 46.5. The second-order valence-electron chi connectivity index (χ2n) is 20.1. The van der Waals surface area contributed by atoms with Gasteiger partial charge < -0.3 is 0 Å². The van der Waals surface area contributed by atoms with Gasteiger partial charge in [-0.3, -0.25) is 0 Å². The van der Waals surface area contributed by atoms with Crippen molar-refractivity contribution in [3.63, 3.8) is 0 Å². The molecule has 0 heteroatoms. The van der Waals surface area contributed by atoms with Crippen molar-refractivity contribution in [3.05, 3.63) is 332 Å². The van der Waals surface area contributed by atoms with Gasteiger partial charge >= 0.3 is 0 Å². The van der Waals surface area contributed by atoms with Gasteiger partial charge in [-0.15, -0.1) is 0 Å². The van der Waals surface area contributed by atoms with Crippen LogP contribution in [0, 0.1) is 83.1 Å². The highest BCUT2D eigenvalue weighted by molar-refractivity contribution is 5.65. The summed E-state index contributed by atoms with van der Waals surface area (Å²) in [4.78, 5) is 0. The molecule has 0 saturated carbocycles. The fourth-order valence-corrected chi connectivity index (χ4v) is 8.11. The zero-order chi connectivity index (χ0) is 53.2. The Morgan fingerprint density at radius 2 is 0.392 bits per heavy atom. The quantitative estimate of drug-likeness (QED) is 0.156. The van der Waals surface area contributed by atoms with E-state index in [0.717, 1.165) is 12.8 Å². The molecule has 0 unspecified atom stereocenters. The van der Waals surface area contributed by atoms with Crippen LogP contribution in [-0.4, -0.2) is 0 Å². The van der Waals surface area contributed by atoms with Crippen LogP contribution in [0.5, 0.6) is 0 Å². The number of benzene rings is 10. The van der Waals surface area contributed by atoms with E-state index in [2.05, 4.69) is 326 Å². The van der Waals surface area contributed by atoms with E-state index in [-0.39, 0.29) is 0 Å². The molecule has 0 radical (unpaired) electrons. The van der Waals surface area contributed by atoms with Crippen molar-refractivity contribution in [1.82, 2.24) is 0 Å². The van der Waals surface area contributed by atoms with Crippen LogP contribution in [0.15, 0.2) is 243 Å². The minimum atomic E-state index is 1.03. The third kappa shape index (κ3) is 21.9. The molecule has 0 fully saturated rings. The van der Waals surface area contributed by atoms with Crippen molar-refractivity contribution in [1.29, 1.82) is 0 Å². The highest BCUT2D eigenvalue weighted by atomic mass is 14.1. The predicted octanol–water partition coefficient (Wildman–Crippen LogP) is 20.3. The number of rotatable bonds is 6. The average molecular weight is 969 g/mol. The van der Waals surface area contributed by atoms with Gasteiger partial charge in [-0.2, -0.15) is 0 Å². The summed E-state index contributed by atoms with van der Waals surface area (Å²) in [7, 11) is 0. The van der Waals surface area contributed by atoms with Crippen molar-refractivity contribution in [2.75, 3.05) is 0 Å². The van der Waals surface area contributed by atoms with Crippen LogP contribution in [0.3, 0.4) is 0 Å². The summed E-state index contributed by atoms with van der Waals surface area (Å²) in [6, 6.07) is 86.3. The third-order valence-corrected chi connectivity index (χ3v) is 12.4. The lowest BCUT2D eigenvalue weighted by Gasteiger charge is -2.03. The molecule has 0 bridgehead atoms. The van der Waals surface area contributed by atoms with Gasteiger partial charge in [0.1, 0.15) is 0 Å². The van der Waals surface area contributed by atoms with Crippen LogP contribution in [-0.2, 0) is 12.8 Å². The van der Waals surface area contributed by atoms with Gasteiger partial charge in [-0.05, 0) is 140 Å². The topological polar surface area (TPSA) is 0 Å². The molecular formula is C74H80. The van der Waals surface area contributed by atoms with E-state index in [4.69, 9.17) is 0 Å². The van der Waals surface area contributed by atoms with E-state index in [1.54, 1.807) is 0 Å². The van der Waals surface area contributed by atoms with E-state index in [1.165, 1.54) is 111 Å². The maximum absolute atomic E-state index is 2.25. The SMILES string of the molecule is Cc1ccc(-c2ccc(C)cc2)cc1.Cc1ccc(C)cc1.Cc1ccc(Cc2ccc(C)cc2)cc1.Cc1cccc(-c2cccc(C)c2)c1.Cc1cccc(C)c1.Cc1cccc(Cc2cccc(C)c2)c1. The van der Waals surface area contributed by atoms with Crippen LogP contribution in [0.1, 0.15) is 89.0 Å². The van der Waals surface area contributed by atoms with Crippen molar-refractivity contribution >= 4 is 0 Å². The smallest absolute Gasteiger partial charge is 0.00256 e. The Morgan fingerprint density at radius 1 is 0.162 bits per heavy atom. The van der Waals surface area contributed by atoms with Crippen LogP contribution in [0.2, 0.25) is 0 Å². The largest absolute Gasteiger partial charge is 0.0617 e. The Morgan fingerprint density at radius 3 is 0.662 bits per heavy atom. The lowest BCUT2D eigenvalue weighted by Crippen LogP contribution is -1.89. The molecule has 10 aromatic carbocycles. The number of hydrogen-bond donors (Lipinski definition) is 0. The van der Waals surface area contributed by atoms with Gasteiger partial charge in [0.15, 0.2) is 0 Å². The Labute approximate surface area is 447 Å².